The monoisotopic (exact) mass is 419 g/mol. The number of ether oxygens (including phenoxy) is 1. The molecule has 0 unspecified atom stereocenters. The molecule has 0 aliphatic carbocycles. The topological polar surface area (TPSA) is 78.2 Å². The van der Waals surface area contributed by atoms with Gasteiger partial charge in [-0.25, -0.2) is 4.79 Å². The highest BCUT2D eigenvalue weighted by Crippen LogP contribution is 2.27. The molecule has 144 valence electrons. The molecule has 3 aromatic rings. The van der Waals surface area contributed by atoms with Gasteiger partial charge in [0, 0.05) is 16.0 Å². The van der Waals surface area contributed by atoms with Gasteiger partial charge in [0.15, 0.2) is 0 Å². The summed E-state index contributed by atoms with van der Waals surface area (Å²) in [5, 5.41) is 2.00. The van der Waals surface area contributed by atoms with Crippen LogP contribution in [-0.2, 0) is 11.3 Å². The number of hydrogen-bond acceptors (Lipinski definition) is 4. The second kappa shape index (κ2) is 7.65. The van der Waals surface area contributed by atoms with Crippen LogP contribution in [0.5, 0.6) is 5.75 Å². The number of aromatic nitrogens is 2. The quantitative estimate of drug-likeness (QED) is 0.641. The number of nitrogens with one attached hydrogen (secondary N) is 2. The number of halogens is 4. The van der Waals surface area contributed by atoms with E-state index in [9.17, 15) is 22.8 Å². The largest absolute Gasteiger partial charge is 0.489 e. The van der Waals surface area contributed by atoms with E-state index in [1.165, 1.54) is 23.5 Å². The van der Waals surface area contributed by atoms with Gasteiger partial charge in [-0.15, -0.1) is 11.3 Å². The lowest BCUT2D eigenvalue weighted by atomic mass is 10.3. The number of alkyl halides is 3. The van der Waals surface area contributed by atoms with Gasteiger partial charge < -0.3 is 19.6 Å². The molecule has 0 bridgehead atoms. The number of aromatic amines is 2. The number of rotatable bonds is 6. The molecule has 2 N–H and O–H groups in total. The fourth-order valence-electron chi connectivity index (χ4n) is 2.48. The number of carbonyl (C=O) groups excluding carboxylic acids is 1. The van der Waals surface area contributed by atoms with Gasteiger partial charge in [-0.05, 0) is 17.5 Å². The van der Waals surface area contributed by atoms with Crippen molar-refractivity contribution in [2.24, 2.45) is 0 Å². The smallest absolute Gasteiger partial charge is 0.471 e. The maximum absolute atomic E-state index is 12.9. The van der Waals surface area contributed by atoms with Gasteiger partial charge in [0.2, 0.25) is 0 Å². The Kier molecular flexibility index (Phi) is 5.47. The average molecular weight is 420 g/mol. The number of nitrogens with zero attached hydrogens (tertiary/aromatic N) is 1. The van der Waals surface area contributed by atoms with Gasteiger partial charge in [0.05, 0.1) is 18.6 Å². The van der Waals surface area contributed by atoms with Crippen LogP contribution in [0.15, 0.2) is 34.4 Å². The van der Waals surface area contributed by atoms with Crippen LogP contribution < -0.4 is 10.4 Å². The number of benzene rings is 1. The second-order valence-electron chi connectivity index (χ2n) is 5.56. The summed E-state index contributed by atoms with van der Waals surface area (Å²) in [5.74, 6) is -1.74. The van der Waals surface area contributed by atoms with E-state index < -0.39 is 17.8 Å². The van der Waals surface area contributed by atoms with Gasteiger partial charge in [0.25, 0.3) is 0 Å². The lowest BCUT2D eigenvalue weighted by Gasteiger charge is -2.23. The Labute approximate surface area is 159 Å². The molecule has 3 rings (SSSR count). The molecule has 0 saturated carbocycles. The number of imidazole rings is 1. The Hall–Kier alpha value is -2.46. The van der Waals surface area contributed by atoms with Crippen LogP contribution in [0.1, 0.15) is 4.88 Å². The first-order valence-electron chi connectivity index (χ1n) is 7.67. The van der Waals surface area contributed by atoms with E-state index in [2.05, 4.69) is 9.97 Å². The van der Waals surface area contributed by atoms with Crippen LogP contribution in [-0.4, -0.2) is 40.1 Å². The summed E-state index contributed by atoms with van der Waals surface area (Å²) < 4.78 is 44.1. The highest BCUT2D eigenvalue weighted by Gasteiger charge is 2.42. The minimum Gasteiger partial charge on any atom is -0.489 e. The lowest BCUT2D eigenvalue weighted by molar-refractivity contribution is -0.186. The average Bonchev–Trinajstić information content (AvgIpc) is 3.20. The van der Waals surface area contributed by atoms with Crippen LogP contribution in [0.2, 0.25) is 5.02 Å². The summed E-state index contributed by atoms with van der Waals surface area (Å²) in [6.07, 6.45) is -4.98. The molecular formula is C16H13ClF3N3O3S. The van der Waals surface area contributed by atoms with E-state index in [1.54, 1.807) is 17.5 Å². The normalized spacial score (nSPS) is 11.7. The van der Waals surface area contributed by atoms with Gasteiger partial charge in [-0.2, -0.15) is 13.2 Å². The zero-order chi connectivity index (χ0) is 19.6. The van der Waals surface area contributed by atoms with Crippen molar-refractivity contribution in [1.82, 2.24) is 14.9 Å². The summed E-state index contributed by atoms with van der Waals surface area (Å²) in [7, 11) is 0. The predicted octanol–water partition coefficient (Wildman–Crippen LogP) is 3.54. The molecule has 11 heteroatoms. The number of thiophene rings is 1. The van der Waals surface area contributed by atoms with E-state index in [1.807, 2.05) is 0 Å². The molecule has 0 saturated heterocycles. The maximum atomic E-state index is 12.9. The van der Waals surface area contributed by atoms with Crippen molar-refractivity contribution in [2.75, 3.05) is 13.2 Å². The van der Waals surface area contributed by atoms with Crippen LogP contribution in [0.25, 0.3) is 11.0 Å². The highest BCUT2D eigenvalue weighted by molar-refractivity contribution is 7.09. The molecule has 0 aliphatic heterocycles. The van der Waals surface area contributed by atoms with Crippen molar-refractivity contribution in [3.63, 3.8) is 0 Å². The first-order valence-corrected chi connectivity index (χ1v) is 8.92. The molecule has 6 nitrogen and oxygen atoms in total. The summed E-state index contributed by atoms with van der Waals surface area (Å²) in [6.45, 7) is -0.680. The lowest BCUT2D eigenvalue weighted by Crippen LogP contribution is -2.42. The van der Waals surface area contributed by atoms with Crippen LogP contribution in [0.3, 0.4) is 0 Å². The van der Waals surface area contributed by atoms with Gasteiger partial charge >= 0.3 is 17.8 Å². The summed E-state index contributed by atoms with van der Waals surface area (Å²) >= 11 is 7.20. The molecule has 0 fully saturated rings. The van der Waals surface area contributed by atoms with Crippen LogP contribution in [0.4, 0.5) is 13.2 Å². The van der Waals surface area contributed by atoms with Crippen molar-refractivity contribution in [2.45, 2.75) is 12.7 Å². The fraction of sp³-hybridized carbons (Fsp3) is 0.250. The molecule has 0 aliphatic rings. The molecule has 1 aromatic carbocycles. The fourth-order valence-corrected chi connectivity index (χ4v) is 3.41. The molecule has 27 heavy (non-hydrogen) atoms. The molecular weight excluding hydrogens is 407 g/mol. The number of carbonyl (C=O) groups is 1. The van der Waals surface area contributed by atoms with Crippen molar-refractivity contribution in [1.29, 1.82) is 0 Å². The highest BCUT2D eigenvalue weighted by atomic mass is 35.5. The summed E-state index contributed by atoms with van der Waals surface area (Å²) in [5.41, 5.74) is 0.282. The van der Waals surface area contributed by atoms with Crippen molar-refractivity contribution in [3.05, 3.63) is 50.0 Å². The third kappa shape index (κ3) is 4.64. The van der Waals surface area contributed by atoms with E-state index in [0.29, 0.717) is 20.8 Å². The minimum absolute atomic E-state index is 0.175. The Morgan fingerprint density at radius 3 is 2.74 bits per heavy atom. The Morgan fingerprint density at radius 1 is 1.30 bits per heavy atom. The minimum atomic E-state index is -4.98. The second-order valence-corrected chi connectivity index (χ2v) is 7.03. The van der Waals surface area contributed by atoms with Gasteiger partial charge in [0.1, 0.15) is 17.9 Å². The Balaban J connectivity index is 1.74. The molecule has 2 aromatic heterocycles. The molecule has 2 heterocycles. The van der Waals surface area contributed by atoms with Crippen LogP contribution >= 0.6 is 22.9 Å². The van der Waals surface area contributed by atoms with E-state index in [-0.39, 0.29) is 30.5 Å². The van der Waals surface area contributed by atoms with E-state index in [4.69, 9.17) is 16.3 Å². The van der Waals surface area contributed by atoms with Crippen molar-refractivity contribution >= 4 is 39.9 Å². The predicted molar refractivity (Wildman–Crippen MR) is 95.2 cm³/mol. The molecule has 0 radical (unpaired) electrons. The van der Waals surface area contributed by atoms with Gasteiger partial charge in [-0.1, -0.05) is 17.7 Å². The van der Waals surface area contributed by atoms with Gasteiger partial charge in [-0.3, -0.25) is 4.79 Å². The number of fused-ring (bicyclic) bond motifs is 1. The molecule has 1 amide bonds. The third-order valence-corrected chi connectivity index (χ3v) is 4.71. The Bertz CT molecular complexity index is 998. The standard InChI is InChI=1S/C16H13ClF3N3O3S/c17-9-6-11-13(22-15(25)21-11)12(7-9)26-4-3-23(14(24)16(18,19)20)8-10-2-1-5-27-10/h1-2,5-7H,3-4,8H2,(H2,21,22,25). The van der Waals surface area contributed by atoms with Crippen molar-refractivity contribution < 1.29 is 22.7 Å². The molecule has 0 atom stereocenters. The van der Waals surface area contributed by atoms with Crippen molar-refractivity contribution in [3.8, 4) is 5.75 Å². The SMILES string of the molecule is O=C(N(CCOc1cc(Cl)cc2[nH]c(=O)[nH]c12)Cc1cccs1)C(F)(F)F. The van der Waals surface area contributed by atoms with E-state index >= 15 is 0 Å². The zero-order valence-corrected chi connectivity index (χ0v) is 15.2. The Morgan fingerprint density at radius 2 is 2.07 bits per heavy atom. The summed E-state index contributed by atoms with van der Waals surface area (Å²) in [4.78, 5) is 29.4. The number of H-pyrrole nitrogens is 2. The molecule has 0 spiro atoms. The zero-order valence-electron chi connectivity index (χ0n) is 13.6. The van der Waals surface area contributed by atoms with Crippen LogP contribution in [0, 0.1) is 0 Å². The maximum Gasteiger partial charge on any atom is 0.471 e. The summed E-state index contributed by atoms with van der Waals surface area (Å²) in [6, 6.07) is 6.28. The first-order chi connectivity index (χ1) is 12.7. The number of amides is 1. The number of hydrogen-bond donors (Lipinski definition) is 2. The third-order valence-electron chi connectivity index (χ3n) is 3.63. The van der Waals surface area contributed by atoms with E-state index in [0.717, 1.165) is 0 Å². The first kappa shape index (κ1) is 19.3.